The van der Waals surface area contributed by atoms with Gasteiger partial charge in [-0.25, -0.2) is 0 Å². The molecule has 2 aliphatic rings. The van der Waals surface area contributed by atoms with Crippen LogP contribution in [-0.4, -0.2) is 6.29 Å². The molecule has 1 nitrogen and oxygen atoms in total. The minimum absolute atomic E-state index is 0.458. The van der Waals surface area contributed by atoms with E-state index < -0.39 is 0 Å². The number of aldehydes is 1. The van der Waals surface area contributed by atoms with Crippen LogP contribution in [0.3, 0.4) is 0 Å². The number of rotatable bonds is 1. The minimum Gasteiger partial charge on any atom is -0.303 e. The predicted molar refractivity (Wildman–Crippen MR) is 35.1 cm³/mol. The lowest BCUT2D eigenvalue weighted by Gasteiger charge is -2.01. The molecule has 1 unspecified atom stereocenters. The van der Waals surface area contributed by atoms with Crippen LogP contribution >= 0.6 is 0 Å². The molecule has 1 heteroatoms. The van der Waals surface area contributed by atoms with Gasteiger partial charge in [0, 0.05) is 5.92 Å². The van der Waals surface area contributed by atoms with Gasteiger partial charge >= 0.3 is 0 Å². The smallest absolute Gasteiger partial charge is 0.123 e. The standard InChI is InChI=1S/C8H12O/c9-6-7-5-8(7)3-1-2-4-8/h6-7H,1-5H2. The lowest BCUT2D eigenvalue weighted by Crippen LogP contribution is -1.96. The minimum atomic E-state index is 0.458. The van der Waals surface area contributed by atoms with Crippen LogP contribution < -0.4 is 0 Å². The van der Waals surface area contributed by atoms with Crippen LogP contribution in [0.5, 0.6) is 0 Å². The molecule has 2 saturated carbocycles. The zero-order valence-corrected chi connectivity index (χ0v) is 5.60. The highest BCUT2D eigenvalue weighted by atomic mass is 16.1. The molecule has 0 aromatic rings. The van der Waals surface area contributed by atoms with Crippen molar-refractivity contribution in [1.29, 1.82) is 0 Å². The van der Waals surface area contributed by atoms with E-state index in [1.165, 1.54) is 32.1 Å². The van der Waals surface area contributed by atoms with Gasteiger partial charge < -0.3 is 4.79 Å². The van der Waals surface area contributed by atoms with E-state index in [0.717, 1.165) is 6.29 Å². The summed E-state index contributed by atoms with van der Waals surface area (Å²) in [7, 11) is 0. The van der Waals surface area contributed by atoms with Crippen molar-refractivity contribution in [2.75, 3.05) is 0 Å². The van der Waals surface area contributed by atoms with Gasteiger partial charge in [0.15, 0.2) is 0 Å². The topological polar surface area (TPSA) is 17.1 Å². The number of hydrogen-bond acceptors (Lipinski definition) is 1. The third kappa shape index (κ3) is 0.637. The quantitative estimate of drug-likeness (QED) is 0.487. The first-order chi connectivity index (χ1) is 4.37. The molecule has 1 spiro atoms. The first kappa shape index (κ1) is 5.45. The van der Waals surface area contributed by atoms with Crippen LogP contribution in [0, 0.1) is 11.3 Å². The van der Waals surface area contributed by atoms with Crippen molar-refractivity contribution in [3.63, 3.8) is 0 Å². The second kappa shape index (κ2) is 1.59. The molecular formula is C8H12O. The van der Waals surface area contributed by atoms with Gasteiger partial charge in [-0.1, -0.05) is 12.8 Å². The van der Waals surface area contributed by atoms with Crippen molar-refractivity contribution in [3.8, 4) is 0 Å². The fraction of sp³-hybridized carbons (Fsp3) is 0.875. The maximum Gasteiger partial charge on any atom is 0.123 e. The highest BCUT2D eigenvalue weighted by Gasteiger charge is 2.54. The number of carbonyl (C=O) groups excluding carboxylic acids is 1. The van der Waals surface area contributed by atoms with E-state index in [2.05, 4.69) is 0 Å². The molecular weight excluding hydrogens is 112 g/mol. The Morgan fingerprint density at radius 2 is 2.00 bits per heavy atom. The SMILES string of the molecule is O=CC1CC12CCCC2. The third-order valence-corrected chi connectivity index (χ3v) is 3.02. The van der Waals surface area contributed by atoms with Crippen LogP contribution in [0.25, 0.3) is 0 Å². The lowest BCUT2D eigenvalue weighted by molar-refractivity contribution is -0.109. The summed E-state index contributed by atoms with van der Waals surface area (Å²) < 4.78 is 0. The molecule has 0 bridgehead atoms. The Kier molecular flexibility index (Phi) is 0.961. The molecule has 0 aliphatic heterocycles. The molecule has 0 radical (unpaired) electrons. The molecule has 0 heterocycles. The fourth-order valence-electron chi connectivity index (χ4n) is 2.23. The van der Waals surface area contributed by atoms with E-state index in [0.29, 0.717) is 11.3 Å². The zero-order valence-electron chi connectivity index (χ0n) is 5.60. The summed E-state index contributed by atoms with van der Waals surface area (Å²) in [5.74, 6) is 0.458. The van der Waals surface area contributed by atoms with E-state index >= 15 is 0 Å². The molecule has 50 valence electrons. The zero-order chi connectivity index (χ0) is 6.32. The summed E-state index contributed by atoms with van der Waals surface area (Å²) in [5, 5.41) is 0. The van der Waals surface area contributed by atoms with E-state index in [1.54, 1.807) is 0 Å². The fourth-order valence-corrected chi connectivity index (χ4v) is 2.23. The largest absolute Gasteiger partial charge is 0.303 e. The first-order valence-electron chi connectivity index (χ1n) is 3.83. The molecule has 0 aromatic heterocycles. The van der Waals surface area contributed by atoms with Gasteiger partial charge in [-0.3, -0.25) is 0 Å². The van der Waals surface area contributed by atoms with Crippen molar-refractivity contribution in [3.05, 3.63) is 0 Å². The van der Waals surface area contributed by atoms with Gasteiger partial charge in [0.2, 0.25) is 0 Å². The normalized spacial score (nSPS) is 37.1. The van der Waals surface area contributed by atoms with Crippen LogP contribution in [0.15, 0.2) is 0 Å². The molecule has 9 heavy (non-hydrogen) atoms. The molecule has 0 N–H and O–H groups in total. The summed E-state index contributed by atoms with van der Waals surface area (Å²) in [5.41, 5.74) is 0.543. The summed E-state index contributed by atoms with van der Waals surface area (Å²) in [6.45, 7) is 0. The Bertz CT molecular complexity index is 134. The van der Waals surface area contributed by atoms with E-state index in [4.69, 9.17) is 0 Å². The molecule has 0 amide bonds. The molecule has 0 aromatic carbocycles. The van der Waals surface area contributed by atoms with Crippen LogP contribution in [0.4, 0.5) is 0 Å². The van der Waals surface area contributed by atoms with E-state index in [9.17, 15) is 4.79 Å². The third-order valence-electron chi connectivity index (χ3n) is 3.02. The van der Waals surface area contributed by atoms with Crippen LogP contribution in [-0.2, 0) is 4.79 Å². The molecule has 2 fully saturated rings. The Labute approximate surface area is 55.4 Å². The van der Waals surface area contributed by atoms with Gasteiger partial charge in [-0.15, -0.1) is 0 Å². The molecule has 2 rings (SSSR count). The van der Waals surface area contributed by atoms with Crippen molar-refractivity contribution < 1.29 is 4.79 Å². The Morgan fingerprint density at radius 1 is 1.33 bits per heavy atom. The Hall–Kier alpha value is -0.330. The van der Waals surface area contributed by atoms with E-state index in [1.807, 2.05) is 0 Å². The summed E-state index contributed by atoms with van der Waals surface area (Å²) in [4.78, 5) is 10.3. The van der Waals surface area contributed by atoms with Crippen LogP contribution in [0.2, 0.25) is 0 Å². The van der Waals surface area contributed by atoms with Gasteiger partial charge in [-0.2, -0.15) is 0 Å². The van der Waals surface area contributed by atoms with Crippen molar-refractivity contribution >= 4 is 6.29 Å². The Morgan fingerprint density at radius 3 is 2.44 bits per heavy atom. The monoisotopic (exact) mass is 124 g/mol. The van der Waals surface area contributed by atoms with Gasteiger partial charge in [-0.05, 0) is 24.7 Å². The summed E-state index contributed by atoms with van der Waals surface area (Å²) in [6, 6.07) is 0. The highest BCUT2D eigenvalue weighted by Crippen LogP contribution is 2.61. The van der Waals surface area contributed by atoms with Gasteiger partial charge in [0.05, 0.1) is 0 Å². The average molecular weight is 124 g/mol. The first-order valence-corrected chi connectivity index (χ1v) is 3.83. The predicted octanol–water partition coefficient (Wildman–Crippen LogP) is 1.77. The number of carbonyl (C=O) groups is 1. The van der Waals surface area contributed by atoms with Crippen LogP contribution in [0.1, 0.15) is 32.1 Å². The lowest BCUT2D eigenvalue weighted by atomic mass is 10.0. The molecule has 1 atom stereocenters. The second-order valence-electron chi connectivity index (χ2n) is 3.52. The average Bonchev–Trinajstić information content (AvgIpc) is 2.30. The highest BCUT2D eigenvalue weighted by molar-refractivity contribution is 5.60. The second-order valence-corrected chi connectivity index (χ2v) is 3.52. The van der Waals surface area contributed by atoms with Crippen molar-refractivity contribution in [1.82, 2.24) is 0 Å². The Balaban J connectivity index is 2.04. The van der Waals surface area contributed by atoms with Gasteiger partial charge in [0.1, 0.15) is 6.29 Å². The maximum absolute atomic E-state index is 10.3. The van der Waals surface area contributed by atoms with Crippen molar-refractivity contribution in [2.45, 2.75) is 32.1 Å². The molecule has 0 saturated heterocycles. The van der Waals surface area contributed by atoms with Crippen molar-refractivity contribution in [2.24, 2.45) is 11.3 Å². The summed E-state index contributed by atoms with van der Waals surface area (Å²) in [6.07, 6.45) is 7.75. The number of hydrogen-bond donors (Lipinski definition) is 0. The van der Waals surface area contributed by atoms with E-state index in [-0.39, 0.29) is 0 Å². The van der Waals surface area contributed by atoms with Gasteiger partial charge in [0.25, 0.3) is 0 Å². The molecule has 2 aliphatic carbocycles. The maximum atomic E-state index is 10.3. The summed E-state index contributed by atoms with van der Waals surface area (Å²) >= 11 is 0.